The fourth-order valence-electron chi connectivity index (χ4n) is 1.00. The minimum Gasteiger partial charge on any atom is -0.478 e. The molecule has 0 fully saturated rings. The summed E-state index contributed by atoms with van der Waals surface area (Å²) in [6, 6.07) is 1.45. The Hall–Kier alpha value is -1.33. The van der Waals surface area contributed by atoms with E-state index in [1.807, 2.05) is 6.92 Å². The van der Waals surface area contributed by atoms with E-state index in [1.54, 1.807) is 0 Å². The first-order chi connectivity index (χ1) is 7.24. The molecule has 0 radical (unpaired) electrons. The molecular weight excluding hydrogens is 200 g/mol. The molecule has 5 heteroatoms. The molecule has 1 heterocycles. The second-order valence-electron chi connectivity index (χ2n) is 2.86. The van der Waals surface area contributed by atoms with Crippen LogP contribution in [0.25, 0.3) is 0 Å². The Bertz CT molecular complexity index is 305. The van der Waals surface area contributed by atoms with Crippen LogP contribution in [-0.2, 0) is 16.1 Å². The molecular formula is C10H14O5. The van der Waals surface area contributed by atoms with Gasteiger partial charge in [-0.2, -0.15) is 0 Å². The highest BCUT2D eigenvalue weighted by Gasteiger charge is 2.07. The van der Waals surface area contributed by atoms with Gasteiger partial charge in [0.2, 0.25) is 0 Å². The standard InChI is InChI=1S/C10H14O5/c1-2-13-3-4-14-7-9-5-8(6-15-9)10(11)12/h5-6H,2-4,7H2,1H3,(H,11,12). The van der Waals surface area contributed by atoms with Gasteiger partial charge in [-0.05, 0) is 13.0 Å². The van der Waals surface area contributed by atoms with Crippen LogP contribution in [0.1, 0.15) is 23.0 Å². The number of ether oxygens (including phenoxy) is 2. The number of hydrogen-bond acceptors (Lipinski definition) is 4. The Labute approximate surface area is 87.6 Å². The van der Waals surface area contributed by atoms with Gasteiger partial charge in [0.05, 0.1) is 18.8 Å². The molecule has 1 N–H and O–H groups in total. The zero-order chi connectivity index (χ0) is 11.1. The van der Waals surface area contributed by atoms with Crippen molar-refractivity contribution in [2.75, 3.05) is 19.8 Å². The maximum atomic E-state index is 10.5. The molecule has 0 aliphatic carbocycles. The molecule has 1 rings (SSSR count). The van der Waals surface area contributed by atoms with E-state index in [2.05, 4.69) is 0 Å². The van der Waals surface area contributed by atoms with Gasteiger partial charge in [0, 0.05) is 6.61 Å². The van der Waals surface area contributed by atoms with E-state index in [0.29, 0.717) is 25.6 Å². The van der Waals surface area contributed by atoms with Gasteiger partial charge in [0.25, 0.3) is 0 Å². The van der Waals surface area contributed by atoms with E-state index < -0.39 is 5.97 Å². The molecule has 0 atom stereocenters. The first-order valence-corrected chi connectivity index (χ1v) is 4.70. The molecule has 0 saturated heterocycles. The van der Waals surface area contributed by atoms with Crippen molar-refractivity contribution >= 4 is 5.97 Å². The van der Waals surface area contributed by atoms with E-state index in [0.717, 1.165) is 0 Å². The van der Waals surface area contributed by atoms with Crippen molar-refractivity contribution in [2.45, 2.75) is 13.5 Å². The Morgan fingerprint density at radius 2 is 2.20 bits per heavy atom. The first kappa shape index (κ1) is 11.7. The lowest BCUT2D eigenvalue weighted by Crippen LogP contribution is -2.03. The van der Waals surface area contributed by atoms with Gasteiger partial charge in [-0.1, -0.05) is 0 Å². The third-order valence-electron chi connectivity index (χ3n) is 1.72. The largest absolute Gasteiger partial charge is 0.478 e. The van der Waals surface area contributed by atoms with Crippen molar-refractivity contribution in [3.8, 4) is 0 Å². The highest BCUT2D eigenvalue weighted by atomic mass is 16.5. The number of carbonyl (C=O) groups is 1. The van der Waals surface area contributed by atoms with Crippen LogP contribution >= 0.6 is 0 Å². The predicted molar refractivity (Wildman–Crippen MR) is 51.8 cm³/mol. The van der Waals surface area contributed by atoms with Crippen molar-refractivity contribution in [3.63, 3.8) is 0 Å². The third kappa shape index (κ3) is 4.14. The normalized spacial score (nSPS) is 10.5. The summed E-state index contributed by atoms with van der Waals surface area (Å²) in [4.78, 5) is 10.5. The Balaban J connectivity index is 2.23. The van der Waals surface area contributed by atoms with E-state index in [-0.39, 0.29) is 12.2 Å². The van der Waals surface area contributed by atoms with Crippen molar-refractivity contribution in [1.29, 1.82) is 0 Å². The highest BCUT2D eigenvalue weighted by Crippen LogP contribution is 2.08. The third-order valence-corrected chi connectivity index (χ3v) is 1.72. The maximum absolute atomic E-state index is 10.5. The molecule has 0 spiro atoms. The summed E-state index contributed by atoms with van der Waals surface area (Å²) in [5, 5.41) is 8.62. The number of carboxylic acids is 1. The minimum atomic E-state index is -1.00. The van der Waals surface area contributed by atoms with Crippen LogP contribution < -0.4 is 0 Å². The number of hydrogen-bond donors (Lipinski definition) is 1. The van der Waals surface area contributed by atoms with Crippen molar-refractivity contribution < 1.29 is 23.8 Å². The molecule has 0 aliphatic heterocycles. The molecule has 5 nitrogen and oxygen atoms in total. The molecule has 0 aromatic carbocycles. The molecule has 1 aromatic rings. The van der Waals surface area contributed by atoms with Gasteiger partial charge in [0.15, 0.2) is 0 Å². The van der Waals surface area contributed by atoms with Crippen LogP contribution in [0.5, 0.6) is 0 Å². The fraction of sp³-hybridized carbons (Fsp3) is 0.500. The molecule has 1 aromatic heterocycles. The molecule has 0 amide bonds. The van der Waals surface area contributed by atoms with E-state index >= 15 is 0 Å². The second kappa shape index (κ2) is 6.21. The number of furan rings is 1. The minimum absolute atomic E-state index is 0.137. The summed E-state index contributed by atoms with van der Waals surface area (Å²) >= 11 is 0. The van der Waals surface area contributed by atoms with Crippen LogP contribution in [0.15, 0.2) is 16.7 Å². The molecule has 0 unspecified atom stereocenters. The van der Waals surface area contributed by atoms with Crippen LogP contribution in [0.4, 0.5) is 0 Å². The average molecular weight is 214 g/mol. The van der Waals surface area contributed by atoms with Crippen molar-refractivity contribution in [3.05, 3.63) is 23.7 Å². The topological polar surface area (TPSA) is 68.9 Å². The Morgan fingerprint density at radius 3 is 2.80 bits per heavy atom. The monoisotopic (exact) mass is 214 g/mol. The summed E-state index contributed by atoms with van der Waals surface area (Å²) in [7, 11) is 0. The highest BCUT2D eigenvalue weighted by molar-refractivity contribution is 5.87. The fourth-order valence-corrected chi connectivity index (χ4v) is 1.00. The smallest absolute Gasteiger partial charge is 0.338 e. The lowest BCUT2D eigenvalue weighted by Gasteiger charge is -2.01. The van der Waals surface area contributed by atoms with Crippen LogP contribution in [-0.4, -0.2) is 30.9 Å². The second-order valence-corrected chi connectivity index (χ2v) is 2.86. The van der Waals surface area contributed by atoms with Gasteiger partial charge in [-0.15, -0.1) is 0 Å². The van der Waals surface area contributed by atoms with E-state index in [9.17, 15) is 4.79 Å². The molecule has 0 aliphatic rings. The number of rotatable bonds is 7. The van der Waals surface area contributed by atoms with E-state index in [1.165, 1.54) is 12.3 Å². The van der Waals surface area contributed by atoms with E-state index in [4.69, 9.17) is 19.0 Å². The van der Waals surface area contributed by atoms with Gasteiger partial charge < -0.3 is 19.0 Å². The predicted octanol–water partition coefficient (Wildman–Crippen LogP) is 1.53. The zero-order valence-corrected chi connectivity index (χ0v) is 8.56. The average Bonchev–Trinajstić information content (AvgIpc) is 2.66. The van der Waals surface area contributed by atoms with Crippen LogP contribution in [0.3, 0.4) is 0 Å². The molecule has 84 valence electrons. The SMILES string of the molecule is CCOCCOCc1cc(C(=O)O)co1. The van der Waals surface area contributed by atoms with Crippen molar-refractivity contribution in [1.82, 2.24) is 0 Å². The van der Waals surface area contributed by atoms with Crippen LogP contribution in [0.2, 0.25) is 0 Å². The van der Waals surface area contributed by atoms with Crippen LogP contribution in [0, 0.1) is 0 Å². The van der Waals surface area contributed by atoms with Gasteiger partial charge in [-0.3, -0.25) is 0 Å². The Kier molecular flexibility index (Phi) is 4.86. The first-order valence-electron chi connectivity index (χ1n) is 4.70. The molecule has 0 saturated carbocycles. The van der Waals surface area contributed by atoms with Gasteiger partial charge in [0.1, 0.15) is 18.6 Å². The van der Waals surface area contributed by atoms with Gasteiger partial charge in [-0.25, -0.2) is 4.79 Å². The zero-order valence-electron chi connectivity index (χ0n) is 8.56. The number of aromatic carboxylic acids is 1. The molecule has 15 heavy (non-hydrogen) atoms. The van der Waals surface area contributed by atoms with Gasteiger partial charge >= 0.3 is 5.97 Å². The summed E-state index contributed by atoms with van der Waals surface area (Å²) in [6.45, 7) is 3.83. The maximum Gasteiger partial charge on any atom is 0.338 e. The molecule has 0 bridgehead atoms. The quantitative estimate of drug-likeness (QED) is 0.697. The summed E-state index contributed by atoms with van der Waals surface area (Å²) in [5.41, 5.74) is 0.137. The lowest BCUT2D eigenvalue weighted by atomic mass is 10.3. The lowest BCUT2D eigenvalue weighted by molar-refractivity contribution is 0.0390. The summed E-state index contributed by atoms with van der Waals surface area (Å²) in [5.74, 6) is -0.497. The summed E-state index contributed by atoms with van der Waals surface area (Å²) < 4.78 is 15.3. The van der Waals surface area contributed by atoms with Crippen molar-refractivity contribution in [2.24, 2.45) is 0 Å². The Morgan fingerprint density at radius 1 is 1.47 bits per heavy atom. The summed E-state index contributed by atoms with van der Waals surface area (Å²) in [6.07, 6.45) is 1.20. The number of carboxylic acid groups (broad SMARTS) is 1.